The first kappa shape index (κ1) is 8.63. The predicted octanol–water partition coefficient (Wildman–Crippen LogP) is 1.80. The third-order valence-electron chi connectivity index (χ3n) is 3.00. The average molecular weight is 270 g/mol. The molecule has 2 heteroatoms. The van der Waals surface area contributed by atoms with Crippen LogP contribution in [0.25, 0.3) is 22.2 Å². The molecule has 3 heterocycles. The van der Waals surface area contributed by atoms with Crippen molar-refractivity contribution in [1.29, 1.82) is 0 Å². The van der Waals surface area contributed by atoms with Crippen LogP contribution in [0.1, 0.15) is 0 Å². The summed E-state index contributed by atoms with van der Waals surface area (Å²) in [4.78, 5) is 3.49. The van der Waals surface area contributed by atoms with Crippen molar-refractivity contribution >= 4 is 34.8 Å². The van der Waals surface area contributed by atoms with Gasteiger partial charge in [-0.25, -0.2) is 0 Å². The van der Waals surface area contributed by atoms with E-state index >= 15 is 0 Å². The van der Waals surface area contributed by atoms with E-state index in [4.69, 9.17) is 0 Å². The Kier molecular flexibility index (Phi) is 1.62. The van der Waals surface area contributed by atoms with E-state index in [9.17, 15) is 0 Å². The third-order valence-corrected chi connectivity index (χ3v) is 5.20. The standard InChI is InChI=1S/C14H9NSe/c1-2-4-12-9(3-1)7-13(15-12)11-6-5-10-8-14(11)16-10/h1-8,15H. The molecule has 1 N–H and O–H groups in total. The molecule has 2 aliphatic heterocycles. The van der Waals surface area contributed by atoms with Gasteiger partial charge >= 0.3 is 99.6 Å². The maximum atomic E-state index is 3.49. The quantitative estimate of drug-likeness (QED) is 0.508. The molecule has 0 atom stereocenters. The first-order valence-corrected chi connectivity index (χ1v) is 7.01. The minimum atomic E-state index is 0.599. The van der Waals surface area contributed by atoms with Crippen LogP contribution in [0.2, 0.25) is 0 Å². The van der Waals surface area contributed by atoms with Crippen molar-refractivity contribution in [1.82, 2.24) is 4.98 Å². The van der Waals surface area contributed by atoms with E-state index < -0.39 is 0 Å². The van der Waals surface area contributed by atoms with Gasteiger partial charge in [-0.3, -0.25) is 0 Å². The molecule has 1 nitrogen and oxygen atoms in total. The second-order valence-corrected chi connectivity index (χ2v) is 6.37. The monoisotopic (exact) mass is 271 g/mol. The van der Waals surface area contributed by atoms with Crippen molar-refractivity contribution in [3.63, 3.8) is 0 Å². The number of para-hydroxylation sites is 1. The Bertz CT molecular complexity index is 660. The first-order chi connectivity index (χ1) is 7.90. The van der Waals surface area contributed by atoms with E-state index in [1.54, 1.807) is 0 Å². The van der Waals surface area contributed by atoms with Crippen molar-refractivity contribution < 1.29 is 0 Å². The van der Waals surface area contributed by atoms with Gasteiger partial charge in [-0.2, -0.15) is 0 Å². The van der Waals surface area contributed by atoms with Crippen LogP contribution in [0.4, 0.5) is 0 Å². The van der Waals surface area contributed by atoms with Gasteiger partial charge in [0.25, 0.3) is 0 Å². The van der Waals surface area contributed by atoms with Crippen molar-refractivity contribution in [3.8, 4) is 11.3 Å². The number of aromatic nitrogens is 1. The molecular formula is C14H9NSe. The van der Waals surface area contributed by atoms with E-state index in [2.05, 4.69) is 53.5 Å². The molecule has 16 heavy (non-hydrogen) atoms. The van der Waals surface area contributed by atoms with Gasteiger partial charge in [-0.15, -0.1) is 0 Å². The maximum absolute atomic E-state index is 3.49. The van der Waals surface area contributed by atoms with Crippen LogP contribution in [0.5, 0.6) is 0 Å². The summed E-state index contributed by atoms with van der Waals surface area (Å²) in [5.74, 6) is 0. The predicted molar refractivity (Wildman–Crippen MR) is 68.8 cm³/mol. The van der Waals surface area contributed by atoms with E-state index in [-0.39, 0.29) is 0 Å². The van der Waals surface area contributed by atoms with Crippen molar-refractivity contribution in [2.24, 2.45) is 0 Å². The molecule has 0 aliphatic carbocycles. The fourth-order valence-corrected chi connectivity index (χ4v) is 3.95. The Labute approximate surface area is 99.7 Å². The average Bonchev–Trinajstić information content (AvgIpc) is 2.71. The molecule has 5 rings (SSSR count). The van der Waals surface area contributed by atoms with Crippen molar-refractivity contribution in [3.05, 3.63) is 48.5 Å². The number of rotatable bonds is 1. The van der Waals surface area contributed by atoms with E-state index in [1.807, 2.05) is 0 Å². The number of fused-ring (bicyclic) bond motifs is 3. The normalized spacial score (nSPS) is 12.8. The Morgan fingerprint density at radius 3 is 2.56 bits per heavy atom. The zero-order valence-electron chi connectivity index (χ0n) is 8.53. The number of aromatic amines is 1. The number of H-pyrrole nitrogens is 1. The van der Waals surface area contributed by atoms with E-state index in [1.165, 1.54) is 31.1 Å². The summed E-state index contributed by atoms with van der Waals surface area (Å²) < 4.78 is 3.04. The SMILES string of the molecule is c1ccc2[nH]c(-c3ccc4cc3[Se]4)cc2c1. The molecular weight excluding hydrogens is 261 g/mol. The molecule has 0 fully saturated rings. The minimum absolute atomic E-state index is 0.599. The van der Waals surface area contributed by atoms with Crippen LogP contribution in [0.15, 0.2) is 48.5 Å². The Morgan fingerprint density at radius 2 is 1.81 bits per heavy atom. The van der Waals surface area contributed by atoms with Gasteiger partial charge in [-0.1, -0.05) is 0 Å². The molecule has 0 unspecified atom stereocenters. The molecule has 0 spiro atoms. The van der Waals surface area contributed by atoms with Crippen LogP contribution in [-0.4, -0.2) is 19.9 Å². The second kappa shape index (κ2) is 3.00. The van der Waals surface area contributed by atoms with Gasteiger partial charge in [0.2, 0.25) is 0 Å². The zero-order chi connectivity index (χ0) is 10.5. The van der Waals surface area contributed by atoms with E-state index in [0.717, 1.165) is 0 Å². The molecule has 76 valence electrons. The van der Waals surface area contributed by atoms with Gasteiger partial charge in [0.15, 0.2) is 0 Å². The van der Waals surface area contributed by atoms with Gasteiger partial charge in [0.1, 0.15) is 0 Å². The number of hydrogen-bond donors (Lipinski definition) is 1. The summed E-state index contributed by atoms with van der Waals surface area (Å²) in [5.41, 5.74) is 3.86. The number of nitrogens with one attached hydrogen (secondary N) is 1. The number of hydrogen-bond acceptors (Lipinski definition) is 0. The Balaban J connectivity index is 1.97. The Morgan fingerprint density at radius 1 is 0.938 bits per heavy atom. The fraction of sp³-hybridized carbons (Fsp3) is 0. The molecule has 0 amide bonds. The first-order valence-electron chi connectivity index (χ1n) is 5.30. The van der Waals surface area contributed by atoms with Crippen molar-refractivity contribution in [2.45, 2.75) is 0 Å². The Hall–Kier alpha value is -1.50. The summed E-state index contributed by atoms with van der Waals surface area (Å²) in [6, 6.07) is 17.5. The summed E-state index contributed by atoms with van der Waals surface area (Å²) in [5, 5.41) is 1.29. The molecule has 3 aromatic rings. The van der Waals surface area contributed by atoms with Crippen LogP contribution in [0, 0.1) is 0 Å². The second-order valence-electron chi connectivity index (χ2n) is 4.03. The van der Waals surface area contributed by atoms with Gasteiger partial charge < -0.3 is 0 Å². The molecule has 2 aromatic carbocycles. The summed E-state index contributed by atoms with van der Waals surface area (Å²) >= 11 is 0.599. The van der Waals surface area contributed by atoms with Gasteiger partial charge in [-0.05, 0) is 0 Å². The fourth-order valence-electron chi connectivity index (χ4n) is 2.16. The van der Waals surface area contributed by atoms with Crippen LogP contribution >= 0.6 is 0 Å². The molecule has 0 radical (unpaired) electrons. The molecule has 0 saturated carbocycles. The van der Waals surface area contributed by atoms with Crippen LogP contribution < -0.4 is 8.92 Å². The summed E-state index contributed by atoms with van der Waals surface area (Å²) in [7, 11) is 0. The molecule has 2 bridgehead atoms. The van der Waals surface area contributed by atoms with Gasteiger partial charge in [0.05, 0.1) is 0 Å². The third kappa shape index (κ3) is 1.12. The van der Waals surface area contributed by atoms with Crippen LogP contribution in [-0.2, 0) is 0 Å². The van der Waals surface area contributed by atoms with Crippen molar-refractivity contribution in [2.75, 3.05) is 0 Å². The van der Waals surface area contributed by atoms with Gasteiger partial charge in [0, 0.05) is 0 Å². The van der Waals surface area contributed by atoms with Crippen LogP contribution in [0.3, 0.4) is 0 Å². The zero-order valence-corrected chi connectivity index (χ0v) is 10.2. The molecule has 2 aliphatic rings. The molecule has 0 saturated heterocycles. The topological polar surface area (TPSA) is 15.8 Å². The number of benzene rings is 2. The summed E-state index contributed by atoms with van der Waals surface area (Å²) in [6.45, 7) is 0. The molecule has 1 aromatic heterocycles. The van der Waals surface area contributed by atoms with E-state index in [0.29, 0.717) is 15.0 Å². The summed E-state index contributed by atoms with van der Waals surface area (Å²) in [6.07, 6.45) is 0.